The highest BCUT2D eigenvalue weighted by Gasteiger charge is 2.33. The number of halogens is 4. The Hall–Kier alpha value is -2.28. The summed E-state index contributed by atoms with van der Waals surface area (Å²) in [5.74, 6) is 0.485. The Kier molecular flexibility index (Phi) is 4.13. The number of nitrogens with zero attached hydrogens (tertiary/aromatic N) is 2. The summed E-state index contributed by atoms with van der Waals surface area (Å²) in [6.07, 6.45) is 1.08. The van der Waals surface area contributed by atoms with Gasteiger partial charge in [0.25, 0.3) is 0 Å². The van der Waals surface area contributed by atoms with E-state index in [0.29, 0.717) is 29.7 Å². The number of fused-ring (bicyclic) bond motifs is 1. The first-order chi connectivity index (χ1) is 11.2. The van der Waals surface area contributed by atoms with Gasteiger partial charge in [-0.15, -0.1) is 0 Å². The van der Waals surface area contributed by atoms with Crippen molar-refractivity contribution in [2.75, 3.05) is 0 Å². The van der Waals surface area contributed by atoms with E-state index < -0.39 is 11.7 Å². The molecule has 2 aromatic heterocycles. The summed E-state index contributed by atoms with van der Waals surface area (Å²) in [5.41, 5.74) is 0.368. The van der Waals surface area contributed by atoms with E-state index in [4.69, 9.17) is 16.0 Å². The van der Waals surface area contributed by atoms with Crippen LogP contribution in [0.4, 0.5) is 13.2 Å². The molecule has 0 radical (unpaired) electrons. The highest BCUT2D eigenvalue weighted by atomic mass is 35.5. The number of hydrogen-bond acceptors (Lipinski definition) is 3. The molecule has 1 aliphatic rings. The largest absolute Gasteiger partial charge is 0.440 e. The second kappa shape index (κ2) is 5.98. The number of aryl methyl sites for hydroxylation is 1. The maximum absolute atomic E-state index is 13.1. The fraction of sp³-hybridized carbons (Fsp3) is 0.250. The van der Waals surface area contributed by atoms with Crippen molar-refractivity contribution < 1.29 is 27.5 Å². The van der Waals surface area contributed by atoms with Crippen LogP contribution in [0.2, 0.25) is 5.02 Å². The Morgan fingerprint density at radius 1 is 1.29 bits per heavy atom. The Balaban J connectivity index is 2.10. The van der Waals surface area contributed by atoms with E-state index in [1.54, 1.807) is 6.92 Å². The summed E-state index contributed by atoms with van der Waals surface area (Å²) in [6.45, 7) is 1.65. The van der Waals surface area contributed by atoms with Crippen LogP contribution in [-0.4, -0.2) is 16.4 Å². The predicted octanol–water partition coefficient (Wildman–Crippen LogP) is 4.36. The summed E-state index contributed by atoms with van der Waals surface area (Å²) < 4.78 is 45.8. The number of aromatic nitrogens is 2. The maximum Gasteiger partial charge on any atom is 0.416 e. The fourth-order valence-corrected chi connectivity index (χ4v) is 2.65. The molecule has 0 saturated carbocycles. The molecule has 0 saturated heterocycles. The van der Waals surface area contributed by atoms with E-state index in [-0.39, 0.29) is 16.6 Å². The topological polar surface area (TPSA) is 50.1 Å². The summed E-state index contributed by atoms with van der Waals surface area (Å²) in [5, 5.41) is 9.48. The van der Waals surface area contributed by atoms with Gasteiger partial charge < -0.3 is 4.42 Å². The quantitative estimate of drug-likeness (QED) is 0.609. The van der Waals surface area contributed by atoms with E-state index in [0.717, 1.165) is 16.9 Å². The first-order valence-corrected chi connectivity index (χ1v) is 7.48. The number of oxazole rings is 1. The lowest BCUT2D eigenvalue weighted by Gasteiger charge is -2.11. The molecule has 2 aromatic rings. The molecule has 0 amide bonds. The smallest absolute Gasteiger partial charge is 0.416 e. The molecule has 0 spiro atoms. The molecule has 0 aromatic carbocycles. The lowest BCUT2D eigenvalue weighted by molar-refractivity contribution is -0.904. The molecule has 0 atom stereocenters. The predicted molar refractivity (Wildman–Crippen MR) is 80.4 cm³/mol. The molecule has 24 heavy (non-hydrogen) atoms. The highest BCUT2D eigenvalue weighted by Crippen LogP contribution is 2.34. The van der Waals surface area contributed by atoms with Crippen LogP contribution in [0.25, 0.3) is 17.5 Å². The minimum absolute atomic E-state index is 0.114. The molecule has 3 rings (SSSR count). The van der Waals surface area contributed by atoms with Crippen molar-refractivity contribution >= 4 is 17.7 Å². The number of hydrogen-bond donors (Lipinski definition) is 1. The average molecular weight is 358 g/mol. The number of pyridine rings is 1. The Morgan fingerprint density at radius 2 is 2.04 bits per heavy atom. The molecular weight excluding hydrogens is 345 g/mol. The summed E-state index contributed by atoms with van der Waals surface area (Å²) in [4.78, 5) is 4.15. The van der Waals surface area contributed by atoms with Crippen molar-refractivity contribution in [2.24, 2.45) is 0 Å². The fourth-order valence-electron chi connectivity index (χ4n) is 2.40. The van der Waals surface area contributed by atoms with Crippen molar-refractivity contribution in [3.63, 3.8) is 0 Å². The summed E-state index contributed by atoms with van der Waals surface area (Å²) in [6, 6.07) is 1.47. The van der Waals surface area contributed by atoms with Crippen LogP contribution in [0.15, 0.2) is 40.1 Å². The van der Waals surface area contributed by atoms with Gasteiger partial charge in [0.15, 0.2) is 0 Å². The Labute approximate surface area is 140 Å². The van der Waals surface area contributed by atoms with Gasteiger partial charge in [-0.3, -0.25) is 5.21 Å². The molecule has 0 fully saturated rings. The third-order valence-electron chi connectivity index (χ3n) is 3.62. The minimum Gasteiger partial charge on any atom is -0.440 e. The van der Waals surface area contributed by atoms with Crippen LogP contribution in [0, 0.1) is 0 Å². The van der Waals surface area contributed by atoms with Gasteiger partial charge in [0.05, 0.1) is 11.1 Å². The van der Waals surface area contributed by atoms with Crippen molar-refractivity contribution in [3.05, 3.63) is 52.2 Å². The van der Waals surface area contributed by atoms with E-state index in [1.807, 2.05) is 0 Å². The van der Waals surface area contributed by atoms with Crippen molar-refractivity contribution in [3.8, 4) is 11.5 Å². The van der Waals surface area contributed by atoms with E-state index >= 15 is 0 Å². The van der Waals surface area contributed by atoms with Crippen LogP contribution in [0.1, 0.15) is 24.8 Å². The lowest BCUT2D eigenvalue weighted by atomic mass is 10.0. The first kappa shape index (κ1) is 16.6. The molecule has 0 aliphatic heterocycles. The van der Waals surface area contributed by atoms with E-state index in [1.165, 1.54) is 18.5 Å². The van der Waals surface area contributed by atoms with Gasteiger partial charge in [0.2, 0.25) is 18.3 Å². The number of allylic oxidation sites excluding steroid dienone is 3. The van der Waals surface area contributed by atoms with Crippen molar-refractivity contribution in [1.29, 1.82) is 0 Å². The van der Waals surface area contributed by atoms with Crippen LogP contribution in [0.3, 0.4) is 0 Å². The third kappa shape index (κ3) is 3.31. The van der Waals surface area contributed by atoms with Crippen molar-refractivity contribution in [2.45, 2.75) is 25.9 Å². The average Bonchev–Trinajstić information content (AvgIpc) is 2.83. The van der Waals surface area contributed by atoms with Crippen LogP contribution in [-0.2, 0) is 6.42 Å². The third-order valence-corrected chi connectivity index (χ3v) is 3.92. The van der Waals surface area contributed by atoms with E-state index in [2.05, 4.69) is 4.98 Å². The molecule has 1 N–H and O–H groups in total. The van der Waals surface area contributed by atoms with Gasteiger partial charge in [-0.05, 0) is 19.4 Å². The highest BCUT2D eigenvalue weighted by molar-refractivity contribution is 6.32. The zero-order valence-corrected chi connectivity index (χ0v) is 13.3. The van der Waals surface area contributed by atoms with Gasteiger partial charge in [0, 0.05) is 17.2 Å². The Bertz CT molecular complexity index is 853. The molecule has 1 aliphatic carbocycles. The number of rotatable bonds is 1. The van der Waals surface area contributed by atoms with Gasteiger partial charge in [0.1, 0.15) is 16.5 Å². The molecule has 126 valence electrons. The second-order valence-electron chi connectivity index (χ2n) is 5.50. The monoisotopic (exact) mass is 357 g/mol. The molecule has 4 nitrogen and oxygen atoms in total. The molecule has 8 heteroatoms. The molecule has 2 heterocycles. The standard InChI is InChI=1S/C16H13ClF3N2O2/c1-9-2-3-14-13(7-10(6-9)16(18,19)20)21-15(24-14)11-4-5-22(23)8-12(11)17/h4-8,23H,2-3H2,1H3/q+1. The van der Waals surface area contributed by atoms with Gasteiger partial charge in [-0.25, -0.2) is 4.98 Å². The first-order valence-electron chi connectivity index (χ1n) is 7.10. The normalized spacial score (nSPS) is 15.2. The van der Waals surface area contributed by atoms with Gasteiger partial charge in [-0.2, -0.15) is 13.2 Å². The summed E-state index contributed by atoms with van der Waals surface area (Å²) in [7, 11) is 0. The van der Waals surface area contributed by atoms with Crippen LogP contribution in [0.5, 0.6) is 0 Å². The van der Waals surface area contributed by atoms with Gasteiger partial charge in [-0.1, -0.05) is 23.3 Å². The zero-order chi connectivity index (χ0) is 17.5. The summed E-state index contributed by atoms with van der Waals surface area (Å²) >= 11 is 6.03. The van der Waals surface area contributed by atoms with Gasteiger partial charge >= 0.3 is 6.18 Å². The molecule has 0 unspecified atom stereocenters. The van der Waals surface area contributed by atoms with Crippen molar-refractivity contribution in [1.82, 2.24) is 4.98 Å². The van der Waals surface area contributed by atoms with Crippen LogP contribution >= 0.6 is 11.6 Å². The van der Waals surface area contributed by atoms with E-state index in [9.17, 15) is 18.4 Å². The Morgan fingerprint density at radius 3 is 2.71 bits per heavy atom. The number of alkyl halides is 3. The molecular formula is C16H13ClF3N2O2+. The van der Waals surface area contributed by atoms with Crippen LogP contribution < -0.4 is 4.73 Å². The second-order valence-corrected chi connectivity index (χ2v) is 5.91. The maximum atomic E-state index is 13.1. The zero-order valence-electron chi connectivity index (χ0n) is 12.6. The molecule has 0 bridgehead atoms. The minimum atomic E-state index is -4.47. The SMILES string of the molecule is CC1=CC(C(F)(F)F)=Cc2nc(-c3cc[n+](O)cc3Cl)oc2CC1. The lowest BCUT2D eigenvalue weighted by Crippen LogP contribution is -2.28.